The van der Waals surface area contributed by atoms with E-state index in [4.69, 9.17) is 17.3 Å². The van der Waals surface area contributed by atoms with Gasteiger partial charge in [-0.1, -0.05) is 23.7 Å². The summed E-state index contributed by atoms with van der Waals surface area (Å²) < 4.78 is 0. The highest BCUT2D eigenvalue weighted by atomic mass is 35.5. The van der Waals surface area contributed by atoms with Gasteiger partial charge < -0.3 is 5.73 Å². The van der Waals surface area contributed by atoms with Gasteiger partial charge in [0.25, 0.3) is 5.95 Å². The maximum atomic E-state index is 11.3. The van der Waals surface area contributed by atoms with Crippen LogP contribution in [0.1, 0.15) is 0 Å². The van der Waals surface area contributed by atoms with Crippen LogP contribution in [0.4, 0.5) is 16.4 Å². The summed E-state index contributed by atoms with van der Waals surface area (Å²) in [7, 11) is 0. The molecule has 6 nitrogen and oxygen atoms in total. The van der Waals surface area contributed by atoms with Crippen molar-refractivity contribution in [3.63, 3.8) is 0 Å². The number of aromatic amines is 1. The summed E-state index contributed by atoms with van der Waals surface area (Å²) in [6.07, 6.45) is 1.35. The molecule has 1 aromatic carbocycles. The van der Waals surface area contributed by atoms with E-state index in [9.17, 15) is 4.79 Å². The summed E-state index contributed by atoms with van der Waals surface area (Å²) in [5, 5.41) is 6.68. The Morgan fingerprint density at radius 1 is 1.44 bits per heavy atom. The number of para-hydroxylation sites is 1. The van der Waals surface area contributed by atoms with Gasteiger partial charge in [0.05, 0.1) is 10.7 Å². The third-order valence-electron chi connectivity index (χ3n) is 1.92. The maximum absolute atomic E-state index is 11.3. The van der Waals surface area contributed by atoms with Gasteiger partial charge in [-0.3, -0.25) is 5.10 Å². The van der Waals surface area contributed by atoms with Crippen LogP contribution in [-0.4, -0.2) is 21.2 Å². The fourth-order valence-electron chi connectivity index (χ4n) is 1.27. The van der Waals surface area contributed by atoms with Crippen LogP contribution in [0.2, 0.25) is 5.02 Å². The first kappa shape index (κ1) is 10.4. The standard InChI is InChI=1S/C9H8ClN5O/c10-6-3-1-2-4-7(6)15(8(11)16)9-12-5-13-14-9/h1-5H,(H2,11,16)(H,12,13,14). The third-order valence-corrected chi connectivity index (χ3v) is 2.24. The zero-order chi connectivity index (χ0) is 11.5. The Hall–Kier alpha value is -2.08. The number of carbonyl (C=O) groups is 1. The molecule has 0 atom stereocenters. The number of nitrogens with two attached hydrogens (primary N) is 1. The Labute approximate surface area is 96.0 Å². The molecule has 0 fully saturated rings. The van der Waals surface area contributed by atoms with Crippen LogP contribution in [0, 0.1) is 0 Å². The predicted molar refractivity (Wildman–Crippen MR) is 59.6 cm³/mol. The van der Waals surface area contributed by atoms with Crippen molar-refractivity contribution in [1.82, 2.24) is 15.2 Å². The van der Waals surface area contributed by atoms with Crippen molar-refractivity contribution in [2.24, 2.45) is 5.73 Å². The summed E-state index contributed by atoms with van der Waals surface area (Å²) in [6, 6.07) is 6.10. The SMILES string of the molecule is NC(=O)N(c1nc[nH]n1)c1ccccc1Cl. The Morgan fingerprint density at radius 3 is 2.75 bits per heavy atom. The zero-order valence-electron chi connectivity index (χ0n) is 8.09. The fourth-order valence-corrected chi connectivity index (χ4v) is 1.49. The van der Waals surface area contributed by atoms with Crippen molar-refractivity contribution in [2.75, 3.05) is 4.90 Å². The normalized spacial score (nSPS) is 10.1. The van der Waals surface area contributed by atoms with Crippen LogP contribution in [0.3, 0.4) is 0 Å². The van der Waals surface area contributed by atoms with Crippen molar-refractivity contribution in [1.29, 1.82) is 0 Å². The number of benzene rings is 1. The maximum Gasteiger partial charge on any atom is 0.326 e. The molecule has 1 aromatic heterocycles. The molecule has 1 heterocycles. The van der Waals surface area contributed by atoms with Crippen LogP contribution >= 0.6 is 11.6 Å². The predicted octanol–water partition coefficient (Wildman–Crippen LogP) is 1.67. The quantitative estimate of drug-likeness (QED) is 0.833. The van der Waals surface area contributed by atoms with E-state index in [1.165, 1.54) is 6.33 Å². The van der Waals surface area contributed by atoms with Gasteiger partial charge >= 0.3 is 6.03 Å². The second kappa shape index (κ2) is 4.19. The number of carbonyl (C=O) groups excluding carboxylic acids is 1. The smallest absolute Gasteiger partial charge is 0.326 e. The van der Waals surface area contributed by atoms with Gasteiger partial charge in [-0.25, -0.2) is 9.69 Å². The first-order chi connectivity index (χ1) is 7.70. The van der Waals surface area contributed by atoms with Crippen molar-refractivity contribution >= 4 is 29.3 Å². The molecule has 16 heavy (non-hydrogen) atoms. The Balaban J connectivity index is 2.50. The van der Waals surface area contributed by atoms with Crippen molar-refractivity contribution < 1.29 is 4.79 Å². The van der Waals surface area contributed by atoms with Crippen LogP contribution in [0.25, 0.3) is 0 Å². The molecule has 2 amide bonds. The van der Waals surface area contributed by atoms with E-state index in [1.807, 2.05) is 0 Å². The summed E-state index contributed by atoms with van der Waals surface area (Å²) >= 11 is 5.96. The number of primary amides is 1. The van der Waals surface area contributed by atoms with Gasteiger partial charge in [0.1, 0.15) is 6.33 Å². The number of anilines is 2. The van der Waals surface area contributed by atoms with Gasteiger partial charge in [-0.05, 0) is 12.1 Å². The average molecular weight is 238 g/mol. The zero-order valence-corrected chi connectivity index (χ0v) is 8.85. The molecule has 0 radical (unpaired) electrons. The van der Waals surface area contributed by atoms with Gasteiger partial charge in [0.15, 0.2) is 0 Å². The molecule has 0 spiro atoms. The topological polar surface area (TPSA) is 87.9 Å². The molecule has 2 aromatic rings. The van der Waals surface area contributed by atoms with Crippen LogP contribution in [0.15, 0.2) is 30.6 Å². The molecule has 0 unspecified atom stereocenters. The minimum atomic E-state index is -0.701. The van der Waals surface area contributed by atoms with Gasteiger partial charge in [-0.2, -0.15) is 4.98 Å². The second-order valence-electron chi connectivity index (χ2n) is 2.92. The van der Waals surface area contributed by atoms with E-state index in [-0.39, 0.29) is 5.95 Å². The number of nitrogens with one attached hydrogen (secondary N) is 1. The van der Waals surface area contributed by atoms with Crippen molar-refractivity contribution in [2.45, 2.75) is 0 Å². The molecule has 7 heteroatoms. The number of hydrogen-bond acceptors (Lipinski definition) is 3. The van der Waals surface area contributed by atoms with E-state index in [0.717, 1.165) is 4.90 Å². The summed E-state index contributed by atoms with van der Waals surface area (Å²) in [6.45, 7) is 0. The van der Waals surface area contributed by atoms with E-state index in [1.54, 1.807) is 24.3 Å². The molecule has 3 N–H and O–H groups in total. The minimum absolute atomic E-state index is 0.153. The molecule has 0 aliphatic heterocycles. The first-order valence-corrected chi connectivity index (χ1v) is 4.78. The largest absolute Gasteiger partial charge is 0.351 e. The van der Waals surface area contributed by atoms with Gasteiger partial charge in [-0.15, -0.1) is 5.10 Å². The van der Waals surface area contributed by atoms with Crippen LogP contribution in [-0.2, 0) is 0 Å². The highest BCUT2D eigenvalue weighted by Gasteiger charge is 2.20. The Kier molecular flexibility index (Phi) is 2.74. The van der Waals surface area contributed by atoms with E-state index >= 15 is 0 Å². The number of urea groups is 1. The summed E-state index contributed by atoms with van der Waals surface area (Å²) in [4.78, 5) is 16.3. The van der Waals surface area contributed by atoms with E-state index in [0.29, 0.717) is 10.7 Å². The summed E-state index contributed by atoms with van der Waals surface area (Å²) in [5.74, 6) is 0.153. The molecular weight excluding hydrogens is 230 g/mol. The number of rotatable bonds is 2. The van der Waals surface area contributed by atoms with Crippen LogP contribution in [0.5, 0.6) is 0 Å². The molecule has 0 saturated carbocycles. The fraction of sp³-hybridized carbons (Fsp3) is 0. The Morgan fingerprint density at radius 2 is 2.19 bits per heavy atom. The third kappa shape index (κ3) is 1.82. The number of aromatic nitrogens is 3. The number of amides is 2. The Bertz CT molecular complexity index is 498. The van der Waals surface area contributed by atoms with E-state index in [2.05, 4.69) is 15.2 Å². The van der Waals surface area contributed by atoms with Crippen LogP contribution < -0.4 is 10.6 Å². The number of hydrogen-bond donors (Lipinski definition) is 2. The van der Waals surface area contributed by atoms with E-state index < -0.39 is 6.03 Å². The highest BCUT2D eigenvalue weighted by Crippen LogP contribution is 2.28. The molecule has 0 aliphatic carbocycles. The monoisotopic (exact) mass is 237 g/mol. The molecular formula is C9H8ClN5O. The molecule has 2 rings (SSSR count). The van der Waals surface area contributed by atoms with Crippen molar-refractivity contribution in [3.05, 3.63) is 35.6 Å². The minimum Gasteiger partial charge on any atom is -0.351 e. The van der Waals surface area contributed by atoms with Gasteiger partial charge in [0, 0.05) is 0 Å². The lowest BCUT2D eigenvalue weighted by Crippen LogP contribution is -2.32. The lowest BCUT2D eigenvalue weighted by atomic mass is 10.3. The van der Waals surface area contributed by atoms with Crippen molar-refractivity contribution in [3.8, 4) is 0 Å². The lowest BCUT2D eigenvalue weighted by Gasteiger charge is -2.17. The lowest BCUT2D eigenvalue weighted by molar-refractivity contribution is 0.256. The molecule has 0 bridgehead atoms. The molecule has 0 aliphatic rings. The van der Waals surface area contributed by atoms with Gasteiger partial charge in [0.2, 0.25) is 0 Å². The summed E-state index contributed by atoms with van der Waals surface area (Å²) in [5.41, 5.74) is 5.70. The first-order valence-electron chi connectivity index (χ1n) is 4.40. The second-order valence-corrected chi connectivity index (χ2v) is 3.33. The molecule has 0 saturated heterocycles. The number of halogens is 1. The molecule has 82 valence electrons. The number of H-pyrrole nitrogens is 1. The number of nitrogens with zero attached hydrogens (tertiary/aromatic N) is 3. The average Bonchev–Trinajstić information content (AvgIpc) is 2.74. The highest BCUT2D eigenvalue weighted by molar-refractivity contribution is 6.34.